The zero-order valence-corrected chi connectivity index (χ0v) is 12.7. The summed E-state index contributed by atoms with van der Waals surface area (Å²) in [5.74, 6) is 1.45. The molecule has 23 heavy (non-hydrogen) atoms. The van der Waals surface area contributed by atoms with Crippen molar-refractivity contribution in [2.24, 2.45) is 0 Å². The number of benzene rings is 1. The monoisotopic (exact) mass is 315 g/mol. The van der Waals surface area contributed by atoms with Gasteiger partial charge in [0.1, 0.15) is 18.5 Å². The van der Waals surface area contributed by atoms with Crippen LogP contribution >= 0.6 is 0 Å². The summed E-state index contributed by atoms with van der Waals surface area (Å²) in [6.07, 6.45) is 0.463. The van der Waals surface area contributed by atoms with E-state index >= 15 is 0 Å². The summed E-state index contributed by atoms with van der Waals surface area (Å²) >= 11 is 0. The zero-order chi connectivity index (χ0) is 16.2. The predicted molar refractivity (Wildman–Crippen MR) is 83.0 cm³/mol. The topological polar surface area (TPSA) is 77.8 Å². The van der Waals surface area contributed by atoms with Crippen molar-refractivity contribution in [1.29, 1.82) is 0 Å². The molecule has 1 aliphatic heterocycles. The second-order valence-electron chi connectivity index (χ2n) is 5.31. The first-order chi connectivity index (χ1) is 11.1. The molecule has 0 bridgehead atoms. The van der Waals surface area contributed by atoms with Gasteiger partial charge in [0.25, 0.3) is 5.91 Å². The summed E-state index contributed by atoms with van der Waals surface area (Å²) in [7, 11) is 0. The molecule has 0 aliphatic carbocycles. The Morgan fingerprint density at radius 2 is 2.04 bits per heavy atom. The first-order valence-electron chi connectivity index (χ1n) is 7.40. The standard InChI is InChI=1S/C17H17NO5/c1-11-8-12(19)9-16(22-11)17(20)18-7-6-13-10-21-14-4-2-3-5-15(14)23-13/h2-5,8-9,13H,6-7,10H2,1H3,(H,18,20)/t13-/m0/s1. The minimum Gasteiger partial charge on any atom is -0.486 e. The number of hydrogen-bond acceptors (Lipinski definition) is 5. The van der Waals surface area contributed by atoms with Gasteiger partial charge in [0.15, 0.2) is 22.7 Å². The predicted octanol–water partition coefficient (Wildman–Crippen LogP) is 1.91. The molecule has 1 aromatic carbocycles. The fraction of sp³-hybridized carbons (Fsp3) is 0.294. The highest BCUT2D eigenvalue weighted by Crippen LogP contribution is 2.31. The minimum atomic E-state index is -0.414. The molecule has 0 unspecified atom stereocenters. The molecule has 1 amide bonds. The average molecular weight is 315 g/mol. The molecule has 1 N–H and O–H groups in total. The van der Waals surface area contributed by atoms with Crippen LogP contribution in [0.25, 0.3) is 0 Å². The van der Waals surface area contributed by atoms with E-state index < -0.39 is 5.91 Å². The van der Waals surface area contributed by atoms with Crippen LogP contribution in [-0.4, -0.2) is 25.2 Å². The number of ether oxygens (including phenoxy) is 2. The molecular weight excluding hydrogens is 298 g/mol. The van der Waals surface area contributed by atoms with E-state index in [1.54, 1.807) is 6.92 Å². The Bertz CT molecular complexity index is 768. The smallest absolute Gasteiger partial charge is 0.287 e. The molecular formula is C17H17NO5. The molecule has 0 saturated heterocycles. The summed E-state index contributed by atoms with van der Waals surface area (Å²) in [6.45, 7) is 2.46. The van der Waals surface area contributed by atoms with Crippen molar-refractivity contribution in [3.05, 3.63) is 58.1 Å². The molecule has 120 valence electrons. The van der Waals surface area contributed by atoms with Gasteiger partial charge >= 0.3 is 0 Å². The molecule has 1 atom stereocenters. The Balaban J connectivity index is 1.52. The first-order valence-corrected chi connectivity index (χ1v) is 7.40. The number of rotatable bonds is 4. The summed E-state index contributed by atoms with van der Waals surface area (Å²) < 4.78 is 16.7. The molecule has 6 nitrogen and oxygen atoms in total. The number of amides is 1. The lowest BCUT2D eigenvalue weighted by Crippen LogP contribution is -2.34. The third-order valence-corrected chi connectivity index (χ3v) is 3.43. The Labute approximate surface area is 133 Å². The van der Waals surface area contributed by atoms with Gasteiger partial charge < -0.3 is 19.2 Å². The summed E-state index contributed by atoms with van der Waals surface area (Å²) in [4.78, 5) is 23.4. The molecule has 0 saturated carbocycles. The highest BCUT2D eigenvalue weighted by molar-refractivity contribution is 5.91. The normalized spacial score (nSPS) is 16.0. The lowest BCUT2D eigenvalue weighted by molar-refractivity contribution is 0.0802. The van der Waals surface area contributed by atoms with Gasteiger partial charge in [-0.15, -0.1) is 0 Å². The number of nitrogens with one attached hydrogen (secondary N) is 1. The summed E-state index contributed by atoms with van der Waals surface area (Å²) in [5.41, 5.74) is -0.250. The molecule has 0 radical (unpaired) electrons. The highest BCUT2D eigenvalue weighted by atomic mass is 16.6. The van der Waals surface area contributed by atoms with Crippen molar-refractivity contribution < 1.29 is 18.7 Å². The molecule has 2 aromatic rings. The van der Waals surface area contributed by atoms with E-state index in [0.29, 0.717) is 31.1 Å². The van der Waals surface area contributed by atoms with E-state index in [4.69, 9.17) is 13.9 Å². The van der Waals surface area contributed by atoms with Crippen LogP contribution in [0.4, 0.5) is 0 Å². The minimum absolute atomic E-state index is 0.0150. The summed E-state index contributed by atoms with van der Waals surface area (Å²) in [6, 6.07) is 9.99. The molecule has 1 aromatic heterocycles. The van der Waals surface area contributed by atoms with E-state index in [9.17, 15) is 9.59 Å². The molecule has 2 heterocycles. The van der Waals surface area contributed by atoms with Crippen LogP contribution in [-0.2, 0) is 0 Å². The molecule has 1 aliphatic rings. The van der Waals surface area contributed by atoms with E-state index in [1.807, 2.05) is 24.3 Å². The van der Waals surface area contributed by atoms with Crippen LogP contribution in [0.5, 0.6) is 11.5 Å². The van der Waals surface area contributed by atoms with Crippen molar-refractivity contribution in [1.82, 2.24) is 5.32 Å². The van der Waals surface area contributed by atoms with Crippen LogP contribution in [0.3, 0.4) is 0 Å². The maximum atomic E-state index is 12.0. The van der Waals surface area contributed by atoms with Gasteiger partial charge in [-0.2, -0.15) is 0 Å². The molecule has 3 rings (SSSR count). The Kier molecular flexibility index (Phi) is 4.32. The van der Waals surface area contributed by atoms with Crippen LogP contribution in [0.15, 0.2) is 45.6 Å². The van der Waals surface area contributed by atoms with Crippen molar-refractivity contribution in [2.45, 2.75) is 19.4 Å². The second-order valence-corrected chi connectivity index (χ2v) is 5.31. The maximum Gasteiger partial charge on any atom is 0.287 e. The van der Waals surface area contributed by atoms with Gasteiger partial charge in [0, 0.05) is 25.1 Å². The number of carbonyl (C=O) groups is 1. The van der Waals surface area contributed by atoms with Crippen LogP contribution < -0.4 is 20.2 Å². The lowest BCUT2D eigenvalue weighted by Gasteiger charge is -2.26. The van der Waals surface area contributed by atoms with E-state index in [0.717, 1.165) is 5.75 Å². The van der Waals surface area contributed by atoms with Crippen molar-refractivity contribution >= 4 is 5.91 Å². The number of para-hydroxylation sites is 2. The van der Waals surface area contributed by atoms with Gasteiger partial charge in [0.05, 0.1) is 0 Å². The Morgan fingerprint density at radius 1 is 1.26 bits per heavy atom. The van der Waals surface area contributed by atoms with E-state index in [2.05, 4.69) is 5.32 Å². The van der Waals surface area contributed by atoms with Gasteiger partial charge in [-0.3, -0.25) is 9.59 Å². The Hall–Kier alpha value is -2.76. The van der Waals surface area contributed by atoms with Crippen molar-refractivity contribution in [2.75, 3.05) is 13.2 Å². The lowest BCUT2D eigenvalue weighted by atomic mass is 10.2. The number of hydrogen-bond donors (Lipinski definition) is 1. The number of aryl methyl sites for hydroxylation is 1. The van der Waals surface area contributed by atoms with Gasteiger partial charge in [-0.25, -0.2) is 0 Å². The van der Waals surface area contributed by atoms with Crippen molar-refractivity contribution in [3.63, 3.8) is 0 Å². The fourth-order valence-corrected chi connectivity index (χ4v) is 2.35. The quantitative estimate of drug-likeness (QED) is 0.932. The molecule has 6 heteroatoms. The van der Waals surface area contributed by atoms with Crippen LogP contribution in [0, 0.1) is 6.92 Å². The van der Waals surface area contributed by atoms with E-state index in [-0.39, 0.29) is 17.3 Å². The average Bonchev–Trinajstić information content (AvgIpc) is 2.53. The van der Waals surface area contributed by atoms with Crippen LogP contribution in [0.1, 0.15) is 22.7 Å². The van der Waals surface area contributed by atoms with Gasteiger partial charge in [-0.1, -0.05) is 12.1 Å². The molecule has 0 fully saturated rings. The van der Waals surface area contributed by atoms with E-state index in [1.165, 1.54) is 12.1 Å². The number of fused-ring (bicyclic) bond motifs is 1. The highest BCUT2D eigenvalue weighted by Gasteiger charge is 2.20. The summed E-state index contributed by atoms with van der Waals surface area (Å²) in [5, 5.41) is 2.72. The largest absolute Gasteiger partial charge is 0.486 e. The third-order valence-electron chi connectivity index (χ3n) is 3.43. The maximum absolute atomic E-state index is 12.0. The zero-order valence-electron chi connectivity index (χ0n) is 12.7. The van der Waals surface area contributed by atoms with Crippen LogP contribution in [0.2, 0.25) is 0 Å². The fourth-order valence-electron chi connectivity index (χ4n) is 2.35. The SMILES string of the molecule is Cc1cc(=O)cc(C(=O)NCC[C@H]2COc3ccccc3O2)o1. The first kappa shape index (κ1) is 15.1. The van der Waals surface area contributed by atoms with Gasteiger partial charge in [-0.05, 0) is 19.1 Å². The Morgan fingerprint density at radius 3 is 2.83 bits per heavy atom. The number of carbonyl (C=O) groups excluding carboxylic acids is 1. The van der Waals surface area contributed by atoms with Crippen molar-refractivity contribution in [3.8, 4) is 11.5 Å². The third kappa shape index (κ3) is 3.71. The van der Waals surface area contributed by atoms with Gasteiger partial charge in [0.2, 0.25) is 0 Å². The second kappa shape index (κ2) is 6.56. The molecule has 0 spiro atoms.